The first-order valence-corrected chi connectivity index (χ1v) is 10.6. The fourth-order valence-corrected chi connectivity index (χ4v) is 4.07. The van der Waals surface area contributed by atoms with Gasteiger partial charge in [0.25, 0.3) is 5.91 Å². The summed E-state index contributed by atoms with van der Waals surface area (Å²) in [4.78, 5) is 12.5. The summed E-state index contributed by atoms with van der Waals surface area (Å²) in [5.74, 6) is -0.133. The van der Waals surface area contributed by atoms with Gasteiger partial charge in [-0.05, 0) is 74.4 Å². The van der Waals surface area contributed by atoms with E-state index in [4.69, 9.17) is 23.2 Å². The van der Waals surface area contributed by atoms with E-state index in [-0.39, 0.29) is 16.6 Å². The third kappa shape index (κ3) is 5.82. The maximum Gasteiger partial charge on any atom is 0.416 e. The van der Waals surface area contributed by atoms with Crippen LogP contribution in [-0.2, 0) is 6.18 Å². The lowest BCUT2D eigenvalue weighted by Gasteiger charge is -2.29. The van der Waals surface area contributed by atoms with Crippen LogP contribution in [0.4, 0.5) is 18.9 Å². The first kappa shape index (κ1) is 22.8. The summed E-state index contributed by atoms with van der Waals surface area (Å²) >= 11 is 12.2. The number of carbonyl (C=O) groups excluding carboxylic acids is 1. The molecule has 3 nitrogen and oxygen atoms in total. The van der Waals surface area contributed by atoms with Gasteiger partial charge in [0.1, 0.15) is 0 Å². The average Bonchev–Trinajstić information content (AvgIpc) is 2.69. The van der Waals surface area contributed by atoms with Gasteiger partial charge in [0, 0.05) is 12.6 Å². The largest absolute Gasteiger partial charge is 0.416 e. The number of carbonyl (C=O) groups is 1. The minimum atomic E-state index is -4.52. The van der Waals surface area contributed by atoms with Crippen molar-refractivity contribution in [1.29, 1.82) is 0 Å². The van der Waals surface area contributed by atoms with Crippen molar-refractivity contribution in [3.05, 3.63) is 63.1 Å². The highest BCUT2D eigenvalue weighted by atomic mass is 35.5. The van der Waals surface area contributed by atoms with E-state index in [9.17, 15) is 18.0 Å². The van der Waals surface area contributed by atoms with Crippen LogP contribution in [0.5, 0.6) is 0 Å². The molecular formula is C22H23Cl2F3N2O. The first-order valence-electron chi connectivity index (χ1n) is 9.81. The number of anilines is 1. The zero-order valence-electron chi connectivity index (χ0n) is 16.5. The van der Waals surface area contributed by atoms with Gasteiger partial charge >= 0.3 is 6.18 Å². The van der Waals surface area contributed by atoms with Gasteiger partial charge in [-0.2, -0.15) is 13.2 Å². The Labute approximate surface area is 183 Å². The van der Waals surface area contributed by atoms with Gasteiger partial charge in [-0.1, -0.05) is 29.3 Å². The monoisotopic (exact) mass is 458 g/mol. The molecule has 2 aromatic carbocycles. The molecule has 2 aromatic rings. The smallest absolute Gasteiger partial charge is 0.384 e. The van der Waals surface area contributed by atoms with Crippen molar-refractivity contribution < 1.29 is 18.0 Å². The van der Waals surface area contributed by atoms with E-state index >= 15 is 0 Å². The molecule has 1 amide bonds. The quantitative estimate of drug-likeness (QED) is 0.521. The molecule has 0 aliphatic heterocycles. The normalized spacial score (nSPS) is 19.4. The molecule has 0 atom stereocenters. The van der Waals surface area contributed by atoms with Crippen molar-refractivity contribution in [3.63, 3.8) is 0 Å². The maximum atomic E-state index is 12.9. The third-order valence-electron chi connectivity index (χ3n) is 5.42. The number of benzene rings is 2. The molecule has 30 heavy (non-hydrogen) atoms. The Morgan fingerprint density at radius 2 is 1.70 bits per heavy atom. The molecule has 0 unspecified atom stereocenters. The van der Waals surface area contributed by atoms with Crippen LogP contribution in [0.3, 0.4) is 0 Å². The van der Waals surface area contributed by atoms with Crippen LogP contribution in [0, 0.1) is 12.8 Å². The number of aryl methyl sites for hydroxylation is 1. The Bertz CT molecular complexity index is 910. The lowest BCUT2D eigenvalue weighted by molar-refractivity contribution is -0.137. The highest BCUT2D eigenvalue weighted by Crippen LogP contribution is 2.32. The predicted molar refractivity (Wildman–Crippen MR) is 114 cm³/mol. The summed E-state index contributed by atoms with van der Waals surface area (Å²) in [6.45, 7) is 2.79. The summed E-state index contributed by atoms with van der Waals surface area (Å²) in [7, 11) is 0. The Morgan fingerprint density at radius 1 is 1.03 bits per heavy atom. The summed E-state index contributed by atoms with van der Waals surface area (Å²) < 4.78 is 38.8. The second kappa shape index (κ2) is 9.48. The topological polar surface area (TPSA) is 41.1 Å². The van der Waals surface area contributed by atoms with Crippen LogP contribution in [-0.4, -0.2) is 18.5 Å². The second-order valence-corrected chi connectivity index (χ2v) is 8.56. The molecule has 2 N–H and O–H groups in total. The number of halogens is 5. The molecule has 1 fully saturated rings. The molecule has 8 heteroatoms. The number of hydrogen-bond donors (Lipinski definition) is 2. The number of rotatable bonds is 5. The van der Waals surface area contributed by atoms with Crippen molar-refractivity contribution in [2.24, 2.45) is 5.92 Å². The van der Waals surface area contributed by atoms with Crippen molar-refractivity contribution in [2.45, 2.75) is 44.8 Å². The SMILES string of the molecule is Cc1ccc(Cl)c(NCC2CCC(NC(=O)c3cc(C(F)(F)F)ccc3Cl)CC2)c1. The molecule has 1 saturated carbocycles. The summed E-state index contributed by atoms with van der Waals surface area (Å²) in [5.41, 5.74) is 0.999. The highest BCUT2D eigenvalue weighted by Gasteiger charge is 2.32. The molecule has 1 aliphatic carbocycles. The molecule has 0 bridgehead atoms. The van der Waals surface area contributed by atoms with Crippen LogP contribution in [0.2, 0.25) is 10.0 Å². The van der Waals surface area contributed by atoms with Gasteiger partial charge in [-0.3, -0.25) is 4.79 Å². The molecule has 0 saturated heterocycles. The zero-order chi connectivity index (χ0) is 21.9. The summed E-state index contributed by atoms with van der Waals surface area (Å²) in [6.07, 6.45) is -1.20. The van der Waals surface area contributed by atoms with Crippen LogP contribution in [0.1, 0.15) is 47.2 Å². The van der Waals surface area contributed by atoms with Crippen LogP contribution >= 0.6 is 23.2 Å². The van der Waals surface area contributed by atoms with E-state index in [0.717, 1.165) is 61.7 Å². The molecule has 0 aromatic heterocycles. The van der Waals surface area contributed by atoms with Gasteiger partial charge in [-0.15, -0.1) is 0 Å². The van der Waals surface area contributed by atoms with Crippen molar-refractivity contribution in [2.75, 3.05) is 11.9 Å². The molecule has 3 rings (SSSR count). The van der Waals surface area contributed by atoms with Crippen LogP contribution in [0.15, 0.2) is 36.4 Å². The summed E-state index contributed by atoms with van der Waals surface area (Å²) in [5, 5.41) is 6.91. The fraction of sp³-hybridized carbons (Fsp3) is 0.409. The van der Waals surface area contributed by atoms with E-state index in [2.05, 4.69) is 10.6 Å². The Kier molecular flexibility index (Phi) is 7.19. The van der Waals surface area contributed by atoms with E-state index in [1.165, 1.54) is 0 Å². The first-order chi connectivity index (χ1) is 14.1. The number of alkyl halides is 3. The third-order valence-corrected chi connectivity index (χ3v) is 6.08. The van der Waals surface area contributed by atoms with Gasteiger partial charge in [0.15, 0.2) is 0 Å². The lowest BCUT2D eigenvalue weighted by atomic mass is 9.86. The van der Waals surface area contributed by atoms with Crippen molar-refractivity contribution in [3.8, 4) is 0 Å². The molecule has 0 radical (unpaired) electrons. The maximum absolute atomic E-state index is 12.9. The van der Waals surface area contributed by atoms with Crippen LogP contribution in [0.25, 0.3) is 0 Å². The van der Waals surface area contributed by atoms with Crippen molar-refractivity contribution >= 4 is 34.8 Å². The van der Waals surface area contributed by atoms with Gasteiger partial charge in [0.05, 0.1) is 26.9 Å². The van der Waals surface area contributed by atoms with E-state index in [1.54, 1.807) is 0 Å². The van der Waals surface area contributed by atoms with E-state index < -0.39 is 17.6 Å². The number of amides is 1. The van der Waals surface area contributed by atoms with Gasteiger partial charge in [0.2, 0.25) is 0 Å². The van der Waals surface area contributed by atoms with E-state index in [1.807, 2.05) is 25.1 Å². The molecule has 162 valence electrons. The predicted octanol–water partition coefficient (Wildman–Crippen LogP) is 6.72. The molecule has 0 heterocycles. The second-order valence-electron chi connectivity index (χ2n) is 7.75. The van der Waals surface area contributed by atoms with Gasteiger partial charge in [-0.25, -0.2) is 0 Å². The Balaban J connectivity index is 1.52. The Hall–Kier alpha value is -1.92. The number of hydrogen-bond acceptors (Lipinski definition) is 2. The zero-order valence-corrected chi connectivity index (χ0v) is 18.0. The van der Waals surface area contributed by atoms with Gasteiger partial charge < -0.3 is 10.6 Å². The fourth-order valence-electron chi connectivity index (χ4n) is 3.68. The lowest BCUT2D eigenvalue weighted by Crippen LogP contribution is -2.38. The number of nitrogens with one attached hydrogen (secondary N) is 2. The van der Waals surface area contributed by atoms with Crippen molar-refractivity contribution in [1.82, 2.24) is 5.32 Å². The highest BCUT2D eigenvalue weighted by molar-refractivity contribution is 6.34. The molecular weight excluding hydrogens is 436 g/mol. The molecule has 1 aliphatic rings. The standard InChI is InChI=1S/C22H23Cl2F3N2O/c1-13-2-8-19(24)20(10-13)28-12-14-3-6-16(7-4-14)29-21(30)17-11-15(22(25,26)27)5-9-18(17)23/h2,5,8-11,14,16,28H,3-4,6-7,12H2,1H3,(H,29,30). The van der Waals surface area contributed by atoms with E-state index in [0.29, 0.717) is 10.9 Å². The minimum absolute atomic E-state index is 0.00780. The molecule has 0 spiro atoms. The van der Waals surface area contributed by atoms with Crippen LogP contribution < -0.4 is 10.6 Å². The average molecular weight is 459 g/mol. The summed E-state index contributed by atoms with van der Waals surface area (Å²) in [6, 6.07) is 8.53. The minimum Gasteiger partial charge on any atom is -0.384 e. The Morgan fingerprint density at radius 3 is 2.37 bits per heavy atom.